The van der Waals surface area contributed by atoms with Crippen LogP contribution in [0.15, 0.2) is 6.07 Å². The predicted octanol–water partition coefficient (Wildman–Crippen LogP) is 0.971. The minimum absolute atomic E-state index is 0.00269. The number of nitro benzene ring substituents is 1. The molecule has 0 saturated heterocycles. The third-order valence-corrected chi connectivity index (χ3v) is 2.51. The van der Waals surface area contributed by atoms with Gasteiger partial charge in [0, 0.05) is 0 Å². The number of nitrogens with zero attached hydrogens (tertiary/aromatic N) is 2. The first kappa shape index (κ1) is 12.1. The first-order valence-electron chi connectivity index (χ1n) is 4.57. The molecule has 9 heteroatoms. The summed E-state index contributed by atoms with van der Waals surface area (Å²) in [5.74, 6) is -2.30. The van der Waals surface area contributed by atoms with E-state index in [4.69, 9.17) is 16.3 Å². The molecular formula is C9H5ClN3O5. The Balaban J connectivity index is 2.73. The number of benzene rings is 1. The third-order valence-electron chi connectivity index (χ3n) is 2.22. The summed E-state index contributed by atoms with van der Waals surface area (Å²) >= 11 is 5.79. The highest BCUT2D eigenvalue weighted by Gasteiger charge is 2.35. The number of fused-ring (bicyclic) bond motifs is 1. The number of nitrogens with one attached hydrogen (secondary N) is 1. The zero-order valence-corrected chi connectivity index (χ0v) is 9.65. The van der Waals surface area contributed by atoms with Crippen molar-refractivity contribution in [2.45, 2.75) is 0 Å². The Hall–Kier alpha value is -2.35. The Bertz CT molecular complexity index is 586. The van der Waals surface area contributed by atoms with Crippen LogP contribution in [0.3, 0.4) is 0 Å². The molecule has 93 valence electrons. The molecule has 0 saturated carbocycles. The van der Waals surface area contributed by atoms with E-state index in [9.17, 15) is 19.7 Å². The van der Waals surface area contributed by atoms with E-state index < -0.39 is 22.4 Å². The van der Waals surface area contributed by atoms with Crippen molar-refractivity contribution in [2.24, 2.45) is 0 Å². The van der Waals surface area contributed by atoms with Crippen LogP contribution < -0.4 is 15.4 Å². The van der Waals surface area contributed by atoms with E-state index in [1.807, 2.05) is 0 Å². The summed E-state index contributed by atoms with van der Waals surface area (Å²) < 4.78 is 4.81. The summed E-state index contributed by atoms with van der Waals surface area (Å²) in [4.78, 5) is 32.4. The van der Waals surface area contributed by atoms with E-state index in [0.717, 1.165) is 0 Å². The molecule has 1 N–H and O–H groups in total. The summed E-state index contributed by atoms with van der Waals surface area (Å²) in [6.07, 6.45) is 0. The molecule has 1 aromatic rings. The smallest absolute Gasteiger partial charge is 0.340 e. The molecule has 2 rings (SSSR count). The lowest BCUT2D eigenvalue weighted by atomic mass is 10.1. The third kappa shape index (κ3) is 1.72. The van der Waals surface area contributed by atoms with Crippen LogP contribution in [0.5, 0.6) is 5.75 Å². The normalized spacial score (nSPS) is 13.4. The molecule has 0 bridgehead atoms. The van der Waals surface area contributed by atoms with Crippen molar-refractivity contribution in [2.75, 3.05) is 12.4 Å². The fourth-order valence-corrected chi connectivity index (χ4v) is 1.78. The monoisotopic (exact) mass is 270 g/mol. The minimum atomic E-state index is -1.12. The fraction of sp³-hybridized carbons (Fsp3) is 0.111. The van der Waals surface area contributed by atoms with Crippen molar-refractivity contribution in [1.29, 1.82) is 0 Å². The van der Waals surface area contributed by atoms with Gasteiger partial charge in [-0.1, -0.05) is 11.6 Å². The summed E-state index contributed by atoms with van der Waals surface area (Å²) in [6.45, 7) is 0. The summed E-state index contributed by atoms with van der Waals surface area (Å²) in [5.41, 5.74) is -0.837. The zero-order valence-electron chi connectivity index (χ0n) is 8.89. The zero-order chi connectivity index (χ0) is 13.4. The van der Waals surface area contributed by atoms with Crippen LogP contribution in [0.2, 0.25) is 5.02 Å². The number of methoxy groups -OCH3 is 1. The van der Waals surface area contributed by atoms with Crippen LogP contribution in [0.4, 0.5) is 17.1 Å². The molecular weight excluding hydrogens is 266 g/mol. The number of halogens is 1. The van der Waals surface area contributed by atoms with Gasteiger partial charge in [-0.25, -0.2) is 0 Å². The van der Waals surface area contributed by atoms with Crippen molar-refractivity contribution in [3.05, 3.63) is 21.2 Å². The largest absolute Gasteiger partial charge is 0.489 e. The number of rotatable bonds is 2. The van der Waals surface area contributed by atoms with Crippen molar-refractivity contribution in [3.63, 3.8) is 0 Å². The van der Waals surface area contributed by atoms with Crippen LogP contribution in [-0.2, 0) is 9.59 Å². The lowest BCUT2D eigenvalue weighted by Gasteiger charge is -2.17. The van der Waals surface area contributed by atoms with E-state index in [0.29, 0.717) is 0 Å². The van der Waals surface area contributed by atoms with Gasteiger partial charge in [-0.05, 0) is 6.07 Å². The molecule has 0 atom stereocenters. The second-order valence-corrected chi connectivity index (χ2v) is 3.67. The average Bonchev–Trinajstić information content (AvgIpc) is 2.29. The number of amides is 2. The van der Waals surface area contributed by atoms with Crippen LogP contribution >= 0.6 is 11.6 Å². The second-order valence-electron chi connectivity index (χ2n) is 3.26. The quantitative estimate of drug-likeness (QED) is 0.489. The van der Waals surface area contributed by atoms with E-state index >= 15 is 0 Å². The summed E-state index contributed by atoms with van der Waals surface area (Å²) in [7, 11) is 1.20. The van der Waals surface area contributed by atoms with E-state index in [2.05, 4.69) is 10.6 Å². The molecule has 1 radical (unpaired) electrons. The van der Waals surface area contributed by atoms with E-state index in [1.165, 1.54) is 13.2 Å². The number of nitro groups is 1. The van der Waals surface area contributed by atoms with Gasteiger partial charge in [0.25, 0.3) is 0 Å². The summed E-state index contributed by atoms with van der Waals surface area (Å²) in [5, 5.41) is 16.5. The van der Waals surface area contributed by atoms with Crippen LogP contribution in [0.25, 0.3) is 0 Å². The molecule has 2 amide bonds. The van der Waals surface area contributed by atoms with Gasteiger partial charge in [-0.3, -0.25) is 19.7 Å². The minimum Gasteiger partial charge on any atom is -0.489 e. The van der Waals surface area contributed by atoms with Crippen LogP contribution in [0.1, 0.15) is 0 Å². The number of anilines is 1. The lowest BCUT2D eigenvalue weighted by molar-refractivity contribution is -0.385. The highest BCUT2D eigenvalue weighted by molar-refractivity contribution is 6.43. The van der Waals surface area contributed by atoms with Crippen molar-refractivity contribution < 1.29 is 19.2 Å². The van der Waals surface area contributed by atoms with Gasteiger partial charge in [-0.2, -0.15) is 5.32 Å². The molecule has 1 aromatic carbocycles. The SMILES string of the molecule is COc1c(Cl)cc2c(c1[N+](=O)[O-])[N]C(=O)C(=O)N2. The molecule has 0 aliphatic carbocycles. The Morgan fingerprint density at radius 3 is 2.72 bits per heavy atom. The highest BCUT2D eigenvalue weighted by atomic mass is 35.5. The standard InChI is InChI=1S/C9H5ClN3O5/c1-18-7-3(10)2-4-5(6(7)13(16)17)12-9(15)8(14)11-4/h2H,1H3,(H,11,14). The Morgan fingerprint density at radius 1 is 1.50 bits per heavy atom. The molecule has 8 nitrogen and oxygen atoms in total. The number of ether oxygens (including phenoxy) is 1. The topological polar surface area (TPSA) is 113 Å². The molecule has 0 fully saturated rings. The first-order valence-corrected chi connectivity index (χ1v) is 4.95. The van der Waals surface area contributed by atoms with Gasteiger partial charge in [0.1, 0.15) is 0 Å². The predicted molar refractivity (Wildman–Crippen MR) is 60.1 cm³/mol. The second kappa shape index (κ2) is 4.15. The number of hydrogen-bond donors (Lipinski definition) is 1. The van der Waals surface area contributed by atoms with E-state index in [1.54, 1.807) is 0 Å². The van der Waals surface area contributed by atoms with Gasteiger partial charge >= 0.3 is 17.5 Å². The number of hydrogen-bond acceptors (Lipinski definition) is 5. The van der Waals surface area contributed by atoms with Crippen LogP contribution in [0, 0.1) is 10.1 Å². The average molecular weight is 271 g/mol. The van der Waals surface area contributed by atoms with Crippen LogP contribution in [-0.4, -0.2) is 23.8 Å². The Labute approximate surface area is 105 Å². The van der Waals surface area contributed by atoms with Crippen molar-refractivity contribution in [1.82, 2.24) is 5.32 Å². The maximum atomic E-state index is 11.1. The number of carbonyl (C=O) groups excluding carboxylic acids is 2. The number of carbonyl (C=O) groups is 2. The van der Waals surface area contributed by atoms with Gasteiger partial charge in [0.05, 0.1) is 22.7 Å². The van der Waals surface area contributed by atoms with Gasteiger partial charge < -0.3 is 10.1 Å². The molecule has 0 aromatic heterocycles. The Kier molecular flexibility index (Phi) is 2.79. The van der Waals surface area contributed by atoms with Gasteiger partial charge in [-0.15, -0.1) is 0 Å². The Morgan fingerprint density at radius 2 is 2.17 bits per heavy atom. The van der Waals surface area contributed by atoms with Gasteiger partial charge in [0.15, 0.2) is 5.69 Å². The fourth-order valence-electron chi connectivity index (χ4n) is 1.51. The first-order chi connectivity index (χ1) is 8.45. The molecule has 0 spiro atoms. The maximum absolute atomic E-state index is 11.1. The van der Waals surface area contributed by atoms with E-state index in [-0.39, 0.29) is 22.1 Å². The molecule has 1 aliphatic rings. The van der Waals surface area contributed by atoms with Crippen molar-refractivity contribution in [3.8, 4) is 5.75 Å². The highest BCUT2D eigenvalue weighted by Crippen LogP contribution is 2.46. The lowest BCUT2D eigenvalue weighted by Crippen LogP contribution is -2.33. The molecule has 1 aliphatic heterocycles. The molecule has 1 heterocycles. The molecule has 18 heavy (non-hydrogen) atoms. The summed E-state index contributed by atoms with van der Waals surface area (Å²) in [6, 6.07) is 1.23. The van der Waals surface area contributed by atoms with Gasteiger partial charge in [0.2, 0.25) is 5.75 Å². The molecule has 0 unspecified atom stereocenters. The maximum Gasteiger partial charge on any atom is 0.340 e. The van der Waals surface area contributed by atoms with Crippen molar-refractivity contribution >= 4 is 40.5 Å².